The number of nitrogens with one attached hydrogen (secondary N) is 1. The van der Waals surface area contributed by atoms with Gasteiger partial charge in [-0.2, -0.15) is 0 Å². The van der Waals surface area contributed by atoms with E-state index in [1.165, 1.54) is 13.2 Å². The Morgan fingerprint density at radius 2 is 1.90 bits per heavy atom. The Morgan fingerprint density at radius 3 is 2.52 bits per heavy atom. The molecule has 0 spiro atoms. The summed E-state index contributed by atoms with van der Waals surface area (Å²) < 4.78 is 18.7. The molecule has 0 aliphatic rings. The Bertz CT molecular complexity index is 616. The van der Waals surface area contributed by atoms with E-state index in [4.69, 9.17) is 4.74 Å². The van der Waals surface area contributed by atoms with E-state index in [9.17, 15) is 4.39 Å². The molecule has 0 aliphatic carbocycles. The first-order valence-electron chi connectivity index (χ1n) is 6.93. The summed E-state index contributed by atoms with van der Waals surface area (Å²) in [6.45, 7) is 6.11. The molecule has 0 radical (unpaired) electrons. The van der Waals surface area contributed by atoms with Gasteiger partial charge in [-0.15, -0.1) is 0 Å². The maximum atomic E-state index is 13.7. The summed E-state index contributed by atoms with van der Waals surface area (Å²) in [5.41, 5.74) is 1.80. The number of benzene rings is 1. The number of hydrogen-bond acceptors (Lipinski definition) is 4. The third-order valence-electron chi connectivity index (χ3n) is 3.32. The molecule has 1 unspecified atom stereocenters. The topological polar surface area (TPSA) is 47.0 Å². The van der Waals surface area contributed by atoms with Crippen LogP contribution in [0.4, 0.5) is 10.2 Å². The van der Waals surface area contributed by atoms with Gasteiger partial charge in [0, 0.05) is 11.8 Å². The second kappa shape index (κ2) is 6.52. The van der Waals surface area contributed by atoms with E-state index in [1.807, 2.05) is 19.1 Å². The Labute approximate surface area is 124 Å². The fraction of sp³-hybridized carbons (Fsp3) is 0.375. The van der Waals surface area contributed by atoms with Gasteiger partial charge in [-0.3, -0.25) is 0 Å². The average molecular weight is 289 g/mol. The molecule has 0 saturated carbocycles. The molecule has 0 fully saturated rings. The van der Waals surface area contributed by atoms with Gasteiger partial charge in [0.25, 0.3) is 0 Å². The summed E-state index contributed by atoms with van der Waals surface area (Å²) in [4.78, 5) is 8.43. The highest BCUT2D eigenvalue weighted by molar-refractivity contribution is 5.40. The van der Waals surface area contributed by atoms with Crippen molar-refractivity contribution in [1.82, 2.24) is 9.97 Å². The summed E-state index contributed by atoms with van der Waals surface area (Å²) in [5.74, 6) is 0.948. The summed E-state index contributed by atoms with van der Waals surface area (Å²) in [7, 11) is 1.45. The smallest absolute Gasteiger partial charge is 0.165 e. The van der Waals surface area contributed by atoms with Crippen LogP contribution in [0.1, 0.15) is 44.0 Å². The van der Waals surface area contributed by atoms with Crippen molar-refractivity contribution in [3.05, 3.63) is 47.7 Å². The van der Waals surface area contributed by atoms with Crippen LogP contribution in [0.5, 0.6) is 5.75 Å². The van der Waals surface area contributed by atoms with E-state index in [0.29, 0.717) is 5.92 Å². The maximum Gasteiger partial charge on any atom is 0.165 e. The highest BCUT2D eigenvalue weighted by atomic mass is 19.1. The van der Waals surface area contributed by atoms with Gasteiger partial charge in [-0.1, -0.05) is 19.9 Å². The average Bonchev–Trinajstić information content (AvgIpc) is 2.47. The third kappa shape index (κ3) is 3.68. The fourth-order valence-corrected chi connectivity index (χ4v) is 2.02. The van der Waals surface area contributed by atoms with Crippen molar-refractivity contribution in [1.29, 1.82) is 0 Å². The maximum absolute atomic E-state index is 13.7. The highest BCUT2D eigenvalue weighted by Crippen LogP contribution is 2.24. The first-order valence-corrected chi connectivity index (χ1v) is 6.93. The van der Waals surface area contributed by atoms with Crippen molar-refractivity contribution in [2.24, 2.45) is 0 Å². The Balaban J connectivity index is 2.16. The zero-order valence-electron chi connectivity index (χ0n) is 12.7. The van der Waals surface area contributed by atoms with Crippen LogP contribution in [0.2, 0.25) is 0 Å². The Kier molecular flexibility index (Phi) is 4.73. The van der Waals surface area contributed by atoms with E-state index in [2.05, 4.69) is 29.1 Å². The minimum absolute atomic E-state index is 0.0691. The number of aromatic nitrogens is 2. The molecule has 1 aromatic carbocycles. The van der Waals surface area contributed by atoms with Crippen LogP contribution in [0, 0.1) is 5.82 Å². The van der Waals surface area contributed by atoms with Crippen molar-refractivity contribution < 1.29 is 9.13 Å². The Morgan fingerprint density at radius 1 is 1.14 bits per heavy atom. The van der Waals surface area contributed by atoms with Crippen LogP contribution in [0.15, 0.2) is 30.6 Å². The number of halogens is 1. The van der Waals surface area contributed by atoms with E-state index in [0.717, 1.165) is 17.1 Å². The van der Waals surface area contributed by atoms with Gasteiger partial charge >= 0.3 is 0 Å². The third-order valence-corrected chi connectivity index (χ3v) is 3.32. The number of rotatable bonds is 5. The van der Waals surface area contributed by atoms with Crippen LogP contribution in [-0.2, 0) is 0 Å². The molecular weight excluding hydrogens is 269 g/mol. The number of methoxy groups -OCH3 is 1. The zero-order chi connectivity index (χ0) is 15.4. The van der Waals surface area contributed by atoms with Crippen LogP contribution < -0.4 is 10.1 Å². The molecule has 1 heterocycles. The fourth-order valence-electron chi connectivity index (χ4n) is 2.02. The number of nitrogens with zero attached hydrogens (tertiary/aromatic N) is 2. The molecule has 1 aromatic heterocycles. The van der Waals surface area contributed by atoms with Crippen LogP contribution in [0.25, 0.3) is 0 Å². The molecule has 21 heavy (non-hydrogen) atoms. The van der Waals surface area contributed by atoms with Crippen LogP contribution >= 0.6 is 0 Å². The second-order valence-electron chi connectivity index (χ2n) is 5.24. The van der Waals surface area contributed by atoms with E-state index < -0.39 is 0 Å². The van der Waals surface area contributed by atoms with Gasteiger partial charge in [-0.25, -0.2) is 14.4 Å². The van der Waals surface area contributed by atoms with E-state index in [1.54, 1.807) is 12.4 Å². The highest BCUT2D eigenvalue weighted by Gasteiger charge is 2.11. The predicted molar refractivity (Wildman–Crippen MR) is 81.1 cm³/mol. The van der Waals surface area contributed by atoms with Gasteiger partial charge in [0.2, 0.25) is 0 Å². The van der Waals surface area contributed by atoms with Crippen molar-refractivity contribution >= 4 is 5.82 Å². The minimum atomic E-state index is -0.366. The molecule has 0 aliphatic heterocycles. The largest absolute Gasteiger partial charge is 0.494 e. The molecular formula is C16H20FN3O. The molecule has 0 bridgehead atoms. The summed E-state index contributed by atoms with van der Waals surface area (Å²) >= 11 is 0. The molecule has 0 saturated heterocycles. The summed E-state index contributed by atoms with van der Waals surface area (Å²) in [6.07, 6.45) is 1.54. The number of hydrogen-bond donors (Lipinski definition) is 1. The first kappa shape index (κ1) is 15.2. The van der Waals surface area contributed by atoms with Crippen molar-refractivity contribution in [3.63, 3.8) is 0 Å². The molecule has 112 valence electrons. The lowest BCUT2D eigenvalue weighted by molar-refractivity contribution is 0.386. The molecule has 1 N–H and O–H groups in total. The van der Waals surface area contributed by atoms with E-state index >= 15 is 0 Å². The molecule has 2 aromatic rings. The summed E-state index contributed by atoms with van der Waals surface area (Å²) in [5, 5.41) is 3.26. The SMILES string of the molecule is COc1ccc(C(C)Nc2cc(C(C)C)ncn2)cc1F. The van der Waals surface area contributed by atoms with Gasteiger partial charge in [-0.05, 0) is 30.5 Å². The first-order chi connectivity index (χ1) is 10.0. The van der Waals surface area contributed by atoms with Gasteiger partial charge in [0.15, 0.2) is 11.6 Å². The number of ether oxygens (including phenoxy) is 1. The minimum Gasteiger partial charge on any atom is -0.494 e. The monoisotopic (exact) mass is 289 g/mol. The molecule has 0 amide bonds. The van der Waals surface area contributed by atoms with Crippen LogP contribution in [-0.4, -0.2) is 17.1 Å². The van der Waals surface area contributed by atoms with E-state index in [-0.39, 0.29) is 17.6 Å². The normalized spacial score (nSPS) is 12.3. The van der Waals surface area contributed by atoms with Gasteiger partial charge in [0.05, 0.1) is 13.2 Å². The van der Waals surface area contributed by atoms with Crippen molar-refractivity contribution in [2.45, 2.75) is 32.7 Å². The zero-order valence-corrected chi connectivity index (χ0v) is 12.7. The molecule has 4 nitrogen and oxygen atoms in total. The van der Waals surface area contributed by atoms with Crippen LogP contribution in [0.3, 0.4) is 0 Å². The van der Waals surface area contributed by atoms with Crippen molar-refractivity contribution in [3.8, 4) is 5.75 Å². The quantitative estimate of drug-likeness (QED) is 0.906. The predicted octanol–water partition coefficient (Wildman–Crippen LogP) is 3.92. The van der Waals surface area contributed by atoms with Crippen molar-refractivity contribution in [2.75, 3.05) is 12.4 Å². The van der Waals surface area contributed by atoms with Gasteiger partial charge < -0.3 is 10.1 Å². The second-order valence-corrected chi connectivity index (χ2v) is 5.24. The lowest BCUT2D eigenvalue weighted by Gasteiger charge is -2.16. The number of anilines is 1. The standard InChI is InChI=1S/C16H20FN3O/c1-10(2)14-8-16(19-9-18-14)20-11(3)12-5-6-15(21-4)13(17)7-12/h5-11H,1-4H3,(H,18,19,20). The molecule has 1 atom stereocenters. The Hall–Kier alpha value is -2.17. The van der Waals surface area contributed by atoms with Gasteiger partial charge in [0.1, 0.15) is 12.1 Å². The molecule has 5 heteroatoms. The molecule has 2 rings (SSSR count). The lowest BCUT2D eigenvalue weighted by atomic mass is 10.1. The summed E-state index contributed by atoms with van der Waals surface area (Å²) in [6, 6.07) is 6.79. The lowest BCUT2D eigenvalue weighted by Crippen LogP contribution is -2.09.